The van der Waals surface area contributed by atoms with Crippen molar-refractivity contribution in [3.8, 4) is 11.1 Å². The van der Waals surface area contributed by atoms with E-state index in [0.29, 0.717) is 0 Å². The maximum absolute atomic E-state index is 13.1. The molecule has 0 radical (unpaired) electrons. The van der Waals surface area contributed by atoms with E-state index in [9.17, 15) is 4.39 Å². The zero-order valence-electron chi connectivity index (χ0n) is 12.3. The van der Waals surface area contributed by atoms with Crippen LogP contribution in [0.25, 0.3) is 11.1 Å². The zero-order chi connectivity index (χ0) is 14.3. The van der Waals surface area contributed by atoms with Crippen molar-refractivity contribution in [1.82, 2.24) is 0 Å². The summed E-state index contributed by atoms with van der Waals surface area (Å²) in [5.41, 5.74) is 4.58. The summed E-state index contributed by atoms with van der Waals surface area (Å²) >= 11 is 0. The summed E-state index contributed by atoms with van der Waals surface area (Å²) in [6.07, 6.45) is 2.10. The van der Waals surface area contributed by atoms with E-state index in [1.807, 2.05) is 13.0 Å². The van der Waals surface area contributed by atoms with E-state index < -0.39 is 0 Å². The van der Waals surface area contributed by atoms with E-state index in [0.717, 1.165) is 23.1 Å². The summed E-state index contributed by atoms with van der Waals surface area (Å²) in [7, 11) is 0. The minimum Gasteiger partial charge on any atom is -0.207 e. The van der Waals surface area contributed by atoms with Crippen molar-refractivity contribution in [3.63, 3.8) is 0 Å². The number of hydrogen-bond donors (Lipinski definition) is 0. The molecule has 0 fully saturated rings. The Balaban J connectivity index is 0.000000550. The SMILES string of the molecule is CCC.CCc1cc(F)ccc1-c1ccc(C)cc1. The van der Waals surface area contributed by atoms with Gasteiger partial charge in [0.25, 0.3) is 0 Å². The first-order valence-corrected chi connectivity index (χ1v) is 6.97. The Morgan fingerprint density at radius 3 is 2.00 bits per heavy atom. The molecular formula is C18H23F. The molecule has 0 saturated carbocycles. The van der Waals surface area contributed by atoms with Gasteiger partial charge in [0.05, 0.1) is 0 Å². The molecule has 0 heterocycles. The highest BCUT2D eigenvalue weighted by molar-refractivity contribution is 5.67. The van der Waals surface area contributed by atoms with Crippen LogP contribution in [0.3, 0.4) is 0 Å². The number of benzene rings is 2. The first kappa shape index (κ1) is 15.4. The molecule has 0 N–H and O–H groups in total. The van der Waals surface area contributed by atoms with Gasteiger partial charge < -0.3 is 0 Å². The quantitative estimate of drug-likeness (QED) is 0.640. The maximum Gasteiger partial charge on any atom is 0.123 e. The van der Waals surface area contributed by atoms with Crippen molar-refractivity contribution in [2.75, 3.05) is 0 Å². The Hall–Kier alpha value is -1.63. The van der Waals surface area contributed by atoms with E-state index in [2.05, 4.69) is 45.0 Å². The van der Waals surface area contributed by atoms with Crippen molar-refractivity contribution in [1.29, 1.82) is 0 Å². The molecule has 2 aromatic rings. The first-order valence-electron chi connectivity index (χ1n) is 6.97. The van der Waals surface area contributed by atoms with E-state index in [-0.39, 0.29) is 5.82 Å². The van der Waals surface area contributed by atoms with E-state index >= 15 is 0 Å². The fourth-order valence-electron chi connectivity index (χ4n) is 1.87. The molecule has 0 amide bonds. The molecule has 19 heavy (non-hydrogen) atoms. The van der Waals surface area contributed by atoms with Crippen molar-refractivity contribution in [2.24, 2.45) is 0 Å². The molecule has 2 rings (SSSR count). The van der Waals surface area contributed by atoms with Crippen molar-refractivity contribution >= 4 is 0 Å². The van der Waals surface area contributed by atoms with Crippen LogP contribution >= 0.6 is 0 Å². The Labute approximate surface area is 116 Å². The van der Waals surface area contributed by atoms with Crippen LogP contribution in [0.1, 0.15) is 38.3 Å². The first-order chi connectivity index (χ1) is 9.12. The molecular weight excluding hydrogens is 235 g/mol. The van der Waals surface area contributed by atoms with Gasteiger partial charge in [-0.3, -0.25) is 0 Å². The molecule has 2 aromatic carbocycles. The summed E-state index contributed by atoms with van der Waals surface area (Å²) in [5, 5.41) is 0. The highest BCUT2D eigenvalue weighted by Gasteiger charge is 2.04. The third-order valence-corrected chi connectivity index (χ3v) is 2.81. The van der Waals surface area contributed by atoms with Gasteiger partial charge >= 0.3 is 0 Å². The van der Waals surface area contributed by atoms with Crippen LogP contribution in [0.15, 0.2) is 42.5 Å². The summed E-state index contributed by atoms with van der Waals surface area (Å²) in [6, 6.07) is 13.3. The topological polar surface area (TPSA) is 0 Å². The summed E-state index contributed by atoms with van der Waals surface area (Å²) in [6.45, 7) is 8.36. The lowest BCUT2D eigenvalue weighted by molar-refractivity contribution is 0.626. The highest BCUT2D eigenvalue weighted by atomic mass is 19.1. The van der Waals surface area contributed by atoms with Gasteiger partial charge in [-0.15, -0.1) is 0 Å². The standard InChI is InChI=1S/C15H15F.C3H8/c1-3-12-10-14(16)8-9-15(12)13-6-4-11(2)5-7-13;1-3-2/h4-10H,3H2,1-2H3;3H2,1-2H3. The van der Waals surface area contributed by atoms with Crippen LogP contribution < -0.4 is 0 Å². The van der Waals surface area contributed by atoms with Crippen molar-refractivity contribution < 1.29 is 4.39 Å². The predicted octanol–water partition coefficient (Wildman–Crippen LogP) is 5.78. The molecule has 102 valence electrons. The zero-order valence-corrected chi connectivity index (χ0v) is 12.3. The summed E-state index contributed by atoms with van der Waals surface area (Å²) < 4.78 is 13.1. The van der Waals surface area contributed by atoms with Crippen LogP contribution in [-0.2, 0) is 6.42 Å². The summed E-state index contributed by atoms with van der Waals surface area (Å²) in [4.78, 5) is 0. The molecule has 0 aliphatic rings. The van der Waals surface area contributed by atoms with Crippen molar-refractivity contribution in [3.05, 3.63) is 59.4 Å². The average Bonchev–Trinajstić information content (AvgIpc) is 2.41. The molecule has 0 aliphatic carbocycles. The maximum atomic E-state index is 13.1. The van der Waals surface area contributed by atoms with Gasteiger partial charge in [-0.2, -0.15) is 0 Å². The normalized spacial score (nSPS) is 9.74. The van der Waals surface area contributed by atoms with Gasteiger partial charge in [0.2, 0.25) is 0 Å². The molecule has 0 saturated heterocycles. The van der Waals surface area contributed by atoms with Crippen molar-refractivity contribution in [2.45, 2.75) is 40.5 Å². The number of aryl methyl sites for hydroxylation is 2. The van der Waals surface area contributed by atoms with Crippen LogP contribution in [0.4, 0.5) is 4.39 Å². The van der Waals surface area contributed by atoms with Gasteiger partial charge in [-0.25, -0.2) is 4.39 Å². The van der Waals surface area contributed by atoms with E-state index in [4.69, 9.17) is 0 Å². The van der Waals surface area contributed by atoms with Gasteiger partial charge in [-0.1, -0.05) is 63.1 Å². The monoisotopic (exact) mass is 258 g/mol. The predicted molar refractivity (Wildman–Crippen MR) is 81.9 cm³/mol. The Bertz CT molecular complexity index is 498. The third-order valence-electron chi connectivity index (χ3n) is 2.81. The lowest BCUT2D eigenvalue weighted by atomic mass is 9.97. The van der Waals surface area contributed by atoms with Gasteiger partial charge in [0.1, 0.15) is 5.82 Å². The number of rotatable bonds is 2. The van der Waals surface area contributed by atoms with Crippen LogP contribution in [-0.4, -0.2) is 0 Å². The molecule has 0 spiro atoms. The number of hydrogen-bond acceptors (Lipinski definition) is 0. The second-order valence-corrected chi connectivity index (χ2v) is 4.73. The number of halogens is 1. The highest BCUT2D eigenvalue weighted by Crippen LogP contribution is 2.25. The lowest BCUT2D eigenvalue weighted by Gasteiger charge is -2.08. The van der Waals surface area contributed by atoms with Gasteiger partial charge in [0, 0.05) is 0 Å². The lowest BCUT2D eigenvalue weighted by Crippen LogP contribution is -1.89. The largest absolute Gasteiger partial charge is 0.207 e. The van der Waals surface area contributed by atoms with Crippen LogP contribution in [0, 0.1) is 12.7 Å². The third kappa shape index (κ3) is 4.51. The average molecular weight is 258 g/mol. The Morgan fingerprint density at radius 2 is 1.47 bits per heavy atom. The minimum atomic E-state index is -0.160. The van der Waals surface area contributed by atoms with Crippen LogP contribution in [0.2, 0.25) is 0 Å². The molecule has 0 aromatic heterocycles. The molecule has 0 bridgehead atoms. The summed E-state index contributed by atoms with van der Waals surface area (Å²) in [5.74, 6) is -0.160. The second-order valence-electron chi connectivity index (χ2n) is 4.73. The van der Waals surface area contributed by atoms with E-state index in [1.165, 1.54) is 18.1 Å². The fraction of sp³-hybridized carbons (Fsp3) is 0.333. The Morgan fingerprint density at radius 1 is 0.895 bits per heavy atom. The van der Waals surface area contributed by atoms with Crippen LogP contribution in [0.5, 0.6) is 0 Å². The Kier molecular flexibility index (Phi) is 6.27. The second kappa shape index (κ2) is 7.73. The van der Waals surface area contributed by atoms with Gasteiger partial charge in [0.15, 0.2) is 0 Å². The smallest absolute Gasteiger partial charge is 0.123 e. The fourth-order valence-corrected chi connectivity index (χ4v) is 1.87. The molecule has 0 aliphatic heterocycles. The van der Waals surface area contributed by atoms with E-state index in [1.54, 1.807) is 6.07 Å². The minimum absolute atomic E-state index is 0.160. The molecule has 1 heteroatoms. The molecule has 0 nitrogen and oxygen atoms in total. The van der Waals surface area contributed by atoms with Gasteiger partial charge in [-0.05, 0) is 42.2 Å². The molecule has 0 atom stereocenters. The molecule has 0 unspecified atom stereocenters.